The lowest BCUT2D eigenvalue weighted by atomic mass is 10.1. The van der Waals surface area contributed by atoms with Gasteiger partial charge in [0.1, 0.15) is 0 Å². The maximum Gasteiger partial charge on any atom is 0.175 e. The van der Waals surface area contributed by atoms with Crippen molar-refractivity contribution in [2.45, 2.75) is 33.1 Å². The molecule has 1 rings (SSSR count). The van der Waals surface area contributed by atoms with Crippen LogP contribution in [0, 0.1) is 0 Å². The van der Waals surface area contributed by atoms with Gasteiger partial charge in [-0.25, -0.2) is 0 Å². The Morgan fingerprint density at radius 3 is 2.61 bits per heavy atom. The highest BCUT2D eigenvalue weighted by molar-refractivity contribution is 9.10. The molecule has 1 aromatic rings. The van der Waals surface area contributed by atoms with Gasteiger partial charge in [0.25, 0.3) is 0 Å². The normalized spacial score (nSPS) is 10.4. The van der Waals surface area contributed by atoms with Crippen LogP contribution in [-0.4, -0.2) is 19.8 Å². The predicted molar refractivity (Wildman–Crippen MR) is 78.5 cm³/mol. The standard InChI is InChI=1S/C14H22BrNO2/c1-3-5-8-18-14-12(15)9-11(6-7-16)10-13(14)17-4-2/h9-10H,3-8,16H2,1-2H3. The fourth-order valence-electron chi connectivity index (χ4n) is 1.65. The van der Waals surface area contributed by atoms with E-state index in [4.69, 9.17) is 15.2 Å². The lowest BCUT2D eigenvalue weighted by Crippen LogP contribution is -2.05. The molecule has 0 spiro atoms. The first-order chi connectivity index (χ1) is 8.72. The highest BCUT2D eigenvalue weighted by Gasteiger charge is 2.11. The third kappa shape index (κ3) is 4.50. The minimum absolute atomic E-state index is 0.628. The Labute approximate surface area is 118 Å². The fourth-order valence-corrected chi connectivity index (χ4v) is 2.26. The summed E-state index contributed by atoms with van der Waals surface area (Å²) in [6.07, 6.45) is 3.00. The molecule has 0 radical (unpaired) electrons. The highest BCUT2D eigenvalue weighted by Crippen LogP contribution is 2.37. The Morgan fingerprint density at radius 1 is 1.22 bits per heavy atom. The number of rotatable bonds is 8. The van der Waals surface area contributed by atoms with Gasteiger partial charge >= 0.3 is 0 Å². The monoisotopic (exact) mass is 315 g/mol. The smallest absolute Gasteiger partial charge is 0.175 e. The van der Waals surface area contributed by atoms with Crippen LogP contribution in [0.2, 0.25) is 0 Å². The molecule has 2 N–H and O–H groups in total. The third-order valence-electron chi connectivity index (χ3n) is 2.55. The van der Waals surface area contributed by atoms with Gasteiger partial charge in [-0.15, -0.1) is 0 Å². The van der Waals surface area contributed by atoms with Gasteiger partial charge in [0.2, 0.25) is 0 Å². The van der Waals surface area contributed by atoms with Gasteiger partial charge in [0.05, 0.1) is 17.7 Å². The summed E-state index contributed by atoms with van der Waals surface area (Å²) >= 11 is 3.54. The molecule has 0 aliphatic rings. The molecule has 0 heterocycles. The van der Waals surface area contributed by atoms with E-state index in [1.807, 2.05) is 13.0 Å². The minimum atomic E-state index is 0.628. The van der Waals surface area contributed by atoms with Crippen LogP contribution in [0.25, 0.3) is 0 Å². The molecule has 4 heteroatoms. The van der Waals surface area contributed by atoms with Crippen LogP contribution in [0.1, 0.15) is 32.3 Å². The number of hydrogen-bond donors (Lipinski definition) is 1. The average molecular weight is 316 g/mol. The first-order valence-corrected chi connectivity index (χ1v) is 7.30. The van der Waals surface area contributed by atoms with Crippen LogP contribution in [0.5, 0.6) is 11.5 Å². The zero-order chi connectivity index (χ0) is 13.4. The van der Waals surface area contributed by atoms with Crippen molar-refractivity contribution < 1.29 is 9.47 Å². The second-order valence-electron chi connectivity index (χ2n) is 4.08. The van der Waals surface area contributed by atoms with Crippen LogP contribution in [0.15, 0.2) is 16.6 Å². The van der Waals surface area contributed by atoms with Crippen molar-refractivity contribution in [3.8, 4) is 11.5 Å². The number of nitrogens with two attached hydrogens (primary N) is 1. The highest BCUT2D eigenvalue weighted by atomic mass is 79.9. The van der Waals surface area contributed by atoms with Gasteiger partial charge in [0, 0.05) is 0 Å². The lowest BCUT2D eigenvalue weighted by Gasteiger charge is -2.15. The van der Waals surface area contributed by atoms with Gasteiger partial charge < -0.3 is 15.2 Å². The summed E-state index contributed by atoms with van der Waals surface area (Å²) < 4.78 is 12.4. The average Bonchev–Trinajstić information content (AvgIpc) is 2.33. The maximum atomic E-state index is 5.79. The molecule has 102 valence electrons. The van der Waals surface area contributed by atoms with Gasteiger partial charge in [-0.3, -0.25) is 0 Å². The molecule has 0 aliphatic carbocycles. The second kappa shape index (κ2) is 8.38. The van der Waals surface area contributed by atoms with Crippen molar-refractivity contribution in [2.75, 3.05) is 19.8 Å². The first kappa shape index (κ1) is 15.3. The first-order valence-electron chi connectivity index (χ1n) is 6.51. The summed E-state index contributed by atoms with van der Waals surface area (Å²) in [7, 11) is 0. The minimum Gasteiger partial charge on any atom is -0.490 e. The van der Waals surface area contributed by atoms with E-state index in [0.29, 0.717) is 19.8 Å². The topological polar surface area (TPSA) is 44.5 Å². The van der Waals surface area contributed by atoms with Gasteiger partial charge in [-0.05, 0) is 59.9 Å². The van der Waals surface area contributed by atoms with Gasteiger partial charge in [-0.1, -0.05) is 13.3 Å². The summed E-state index contributed by atoms with van der Waals surface area (Å²) in [4.78, 5) is 0. The fraction of sp³-hybridized carbons (Fsp3) is 0.571. The summed E-state index contributed by atoms with van der Waals surface area (Å²) in [6, 6.07) is 4.07. The third-order valence-corrected chi connectivity index (χ3v) is 3.14. The van der Waals surface area contributed by atoms with Crippen molar-refractivity contribution in [1.29, 1.82) is 0 Å². The predicted octanol–water partition coefficient (Wildman–Crippen LogP) is 3.53. The Hall–Kier alpha value is -0.740. The molecule has 0 unspecified atom stereocenters. The van der Waals surface area contributed by atoms with E-state index >= 15 is 0 Å². The molecule has 0 aliphatic heterocycles. The van der Waals surface area contributed by atoms with Crippen molar-refractivity contribution in [2.24, 2.45) is 5.73 Å². The number of hydrogen-bond acceptors (Lipinski definition) is 3. The largest absolute Gasteiger partial charge is 0.490 e. The molecular weight excluding hydrogens is 294 g/mol. The summed E-state index contributed by atoms with van der Waals surface area (Å²) in [5.41, 5.74) is 6.75. The molecule has 18 heavy (non-hydrogen) atoms. The Kier molecular flexibility index (Phi) is 7.13. The number of unbranched alkanes of at least 4 members (excludes halogenated alkanes) is 1. The van der Waals surface area contributed by atoms with Crippen LogP contribution in [0.4, 0.5) is 0 Å². The van der Waals surface area contributed by atoms with E-state index in [-0.39, 0.29) is 0 Å². The molecule has 0 aromatic heterocycles. The Balaban J connectivity index is 2.90. The van der Waals surface area contributed by atoms with Crippen LogP contribution < -0.4 is 15.2 Å². The zero-order valence-electron chi connectivity index (χ0n) is 11.2. The zero-order valence-corrected chi connectivity index (χ0v) is 12.8. The van der Waals surface area contributed by atoms with Crippen LogP contribution >= 0.6 is 15.9 Å². The molecule has 1 aromatic carbocycles. The Bertz CT molecular complexity index is 369. The maximum absolute atomic E-state index is 5.79. The molecule has 0 bridgehead atoms. The second-order valence-corrected chi connectivity index (χ2v) is 4.93. The summed E-state index contributed by atoms with van der Waals surface area (Å²) in [5, 5.41) is 0. The molecule has 0 amide bonds. The van der Waals surface area contributed by atoms with Crippen LogP contribution in [0.3, 0.4) is 0 Å². The van der Waals surface area contributed by atoms with Crippen molar-refractivity contribution in [3.05, 3.63) is 22.2 Å². The van der Waals surface area contributed by atoms with Crippen molar-refractivity contribution in [1.82, 2.24) is 0 Å². The van der Waals surface area contributed by atoms with E-state index in [2.05, 4.69) is 28.9 Å². The van der Waals surface area contributed by atoms with E-state index in [0.717, 1.165) is 40.8 Å². The SMILES string of the molecule is CCCCOc1c(Br)cc(CCN)cc1OCC. The van der Waals surface area contributed by atoms with Crippen molar-refractivity contribution in [3.63, 3.8) is 0 Å². The number of halogens is 1. The lowest BCUT2D eigenvalue weighted by molar-refractivity contribution is 0.271. The van der Waals surface area contributed by atoms with E-state index in [9.17, 15) is 0 Å². The summed E-state index contributed by atoms with van der Waals surface area (Å²) in [6.45, 7) is 6.09. The number of ether oxygens (including phenoxy) is 2. The molecule has 0 fully saturated rings. The Morgan fingerprint density at radius 2 is 2.00 bits per heavy atom. The molecule has 0 atom stereocenters. The van der Waals surface area contributed by atoms with Gasteiger partial charge in [-0.2, -0.15) is 0 Å². The van der Waals surface area contributed by atoms with E-state index in [1.165, 1.54) is 0 Å². The quantitative estimate of drug-likeness (QED) is 0.746. The van der Waals surface area contributed by atoms with Gasteiger partial charge in [0.15, 0.2) is 11.5 Å². The molecule has 0 saturated heterocycles. The summed E-state index contributed by atoms with van der Waals surface area (Å²) in [5.74, 6) is 1.59. The van der Waals surface area contributed by atoms with E-state index < -0.39 is 0 Å². The number of benzene rings is 1. The van der Waals surface area contributed by atoms with Crippen LogP contribution in [-0.2, 0) is 6.42 Å². The molecule has 3 nitrogen and oxygen atoms in total. The van der Waals surface area contributed by atoms with E-state index in [1.54, 1.807) is 0 Å². The molecule has 0 saturated carbocycles. The molecular formula is C14H22BrNO2. The van der Waals surface area contributed by atoms with Crippen molar-refractivity contribution >= 4 is 15.9 Å².